The lowest BCUT2D eigenvalue weighted by molar-refractivity contribution is 0.0993. The van der Waals surface area contributed by atoms with Crippen LogP contribution in [0.15, 0.2) is 42.6 Å². The number of pyridine rings is 1. The molecule has 0 aliphatic heterocycles. The van der Waals surface area contributed by atoms with Gasteiger partial charge in [-0.2, -0.15) is 5.26 Å². The highest BCUT2D eigenvalue weighted by molar-refractivity contribution is 6.06. The number of anilines is 2. The average molecular weight is 280 g/mol. The van der Waals surface area contributed by atoms with Crippen molar-refractivity contribution >= 4 is 17.4 Å². The fourth-order valence-electron chi connectivity index (χ4n) is 1.94. The predicted molar refractivity (Wildman–Crippen MR) is 82.3 cm³/mol. The van der Waals surface area contributed by atoms with Crippen LogP contribution in [-0.4, -0.2) is 24.5 Å². The molecule has 0 saturated carbocycles. The van der Waals surface area contributed by atoms with E-state index in [1.165, 1.54) is 4.90 Å². The number of hydrogen-bond acceptors (Lipinski definition) is 4. The third-order valence-electron chi connectivity index (χ3n) is 3.03. The first-order valence-electron chi connectivity index (χ1n) is 6.64. The molecule has 0 spiro atoms. The molecule has 1 aromatic carbocycles. The number of carbonyl (C=O) groups is 1. The van der Waals surface area contributed by atoms with Gasteiger partial charge in [0.15, 0.2) is 0 Å². The first-order chi connectivity index (χ1) is 10.2. The third kappa shape index (κ3) is 3.37. The zero-order chi connectivity index (χ0) is 15.2. The van der Waals surface area contributed by atoms with Gasteiger partial charge in [-0.3, -0.25) is 4.79 Å². The molecule has 0 bridgehead atoms. The lowest BCUT2D eigenvalue weighted by atomic mass is 10.2. The average Bonchev–Trinajstić information content (AvgIpc) is 2.54. The summed E-state index contributed by atoms with van der Waals surface area (Å²) in [5.41, 5.74) is 1.75. The van der Waals surface area contributed by atoms with Crippen molar-refractivity contribution in [2.45, 2.75) is 6.92 Å². The van der Waals surface area contributed by atoms with Gasteiger partial charge in [0.05, 0.1) is 11.6 Å². The molecule has 5 heteroatoms. The molecule has 0 aliphatic carbocycles. The van der Waals surface area contributed by atoms with Crippen molar-refractivity contribution < 1.29 is 4.79 Å². The summed E-state index contributed by atoms with van der Waals surface area (Å²) < 4.78 is 0. The van der Waals surface area contributed by atoms with Crippen LogP contribution in [0, 0.1) is 11.3 Å². The van der Waals surface area contributed by atoms with Gasteiger partial charge in [-0.25, -0.2) is 4.98 Å². The molecule has 21 heavy (non-hydrogen) atoms. The Morgan fingerprint density at radius 2 is 2.19 bits per heavy atom. The minimum atomic E-state index is -0.147. The van der Waals surface area contributed by atoms with E-state index < -0.39 is 0 Å². The van der Waals surface area contributed by atoms with Crippen molar-refractivity contribution in [3.05, 3.63) is 53.7 Å². The van der Waals surface area contributed by atoms with Crippen LogP contribution in [0.5, 0.6) is 0 Å². The van der Waals surface area contributed by atoms with Gasteiger partial charge in [0, 0.05) is 31.0 Å². The van der Waals surface area contributed by atoms with Gasteiger partial charge in [-0.05, 0) is 37.3 Å². The Labute approximate surface area is 123 Å². The van der Waals surface area contributed by atoms with E-state index in [2.05, 4.69) is 16.4 Å². The van der Waals surface area contributed by atoms with Gasteiger partial charge in [0.2, 0.25) is 0 Å². The summed E-state index contributed by atoms with van der Waals surface area (Å²) in [4.78, 5) is 18.2. The summed E-state index contributed by atoms with van der Waals surface area (Å²) in [5.74, 6) is 0.522. The molecule has 0 unspecified atom stereocenters. The molecule has 106 valence electrons. The van der Waals surface area contributed by atoms with Gasteiger partial charge in [0.25, 0.3) is 5.91 Å². The molecule has 0 radical (unpaired) electrons. The number of carbonyl (C=O) groups excluding carboxylic acids is 1. The SMILES string of the molecule is CCNc1cc(C(=O)N(C)c2cccc(C#N)c2)ccn1. The zero-order valence-corrected chi connectivity index (χ0v) is 12.0. The van der Waals surface area contributed by atoms with E-state index >= 15 is 0 Å². The van der Waals surface area contributed by atoms with Gasteiger partial charge < -0.3 is 10.2 Å². The Kier molecular flexibility index (Phi) is 4.52. The predicted octanol–water partition coefficient (Wildman–Crippen LogP) is 2.66. The van der Waals surface area contributed by atoms with E-state index in [1.807, 2.05) is 6.92 Å². The van der Waals surface area contributed by atoms with Crippen molar-refractivity contribution in [1.82, 2.24) is 4.98 Å². The Bertz CT molecular complexity index is 691. The fourth-order valence-corrected chi connectivity index (χ4v) is 1.94. The summed E-state index contributed by atoms with van der Waals surface area (Å²) in [7, 11) is 1.69. The standard InChI is InChI=1S/C16H16N4O/c1-3-18-15-10-13(7-8-19-15)16(21)20(2)14-6-4-5-12(9-14)11-17/h4-10H,3H2,1-2H3,(H,18,19). The summed E-state index contributed by atoms with van der Waals surface area (Å²) in [5, 5.41) is 12.0. The number of amides is 1. The molecular formula is C16H16N4O. The van der Waals surface area contributed by atoms with Crippen molar-refractivity contribution in [3.8, 4) is 6.07 Å². The normalized spacial score (nSPS) is 9.76. The van der Waals surface area contributed by atoms with Crippen LogP contribution in [-0.2, 0) is 0 Å². The van der Waals surface area contributed by atoms with Gasteiger partial charge in [-0.15, -0.1) is 0 Å². The highest BCUT2D eigenvalue weighted by atomic mass is 16.2. The lowest BCUT2D eigenvalue weighted by Gasteiger charge is -2.18. The largest absolute Gasteiger partial charge is 0.370 e. The lowest BCUT2D eigenvalue weighted by Crippen LogP contribution is -2.26. The molecule has 0 saturated heterocycles. The highest BCUT2D eigenvalue weighted by Gasteiger charge is 2.14. The first-order valence-corrected chi connectivity index (χ1v) is 6.64. The Hall–Kier alpha value is -2.87. The third-order valence-corrected chi connectivity index (χ3v) is 3.03. The van der Waals surface area contributed by atoms with Crippen molar-refractivity contribution in [2.24, 2.45) is 0 Å². The smallest absolute Gasteiger partial charge is 0.258 e. The van der Waals surface area contributed by atoms with E-state index in [0.717, 1.165) is 6.54 Å². The number of nitrogens with one attached hydrogen (secondary N) is 1. The van der Waals surface area contributed by atoms with E-state index in [9.17, 15) is 4.79 Å². The summed E-state index contributed by atoms with van der Waals surface area (Å²) in [6.45, 7) is 2.71. The fraction of sp³-hybridized carbons (Fsp3) is 0.188. The van der Waals surface area contributed by atoms with Crippen LogP contribution >= 0.6 is 0 Å². The second-order valence-corrected chi connectivity index (χ2v) is 4.49. The molecule has 0 aliphatic rings. The van der Waals surface area contributed by atoms with E-state index in [1.54, 1.807) is 49.6 Å². The molecule has 1 aromatic heterocycles. The number of hydrogen-bond donors (Lipinski definition) is 1. The number of aromatic nitrogens is 1. The molecule has 0 atom stereocenters. The van der Waals surface area contributed by atoms with E-state index in [4.69, 9.17) is 5.26 Å². The number of nitriles is 1. The molecule has 1 N–H and O–H groups in total. The summed E-state index contributed by atoms with van der Waals surface area (Å²) in [6.07, 6.45) is 1.60. The van der Waals surface area contributed by atoms with Crippen LogP contribution < -0.4 is 10.2 Å². The zero-order valence-electron chi connectivity index (χ0n) is 12.0. The van der Waals surface area contributed by atoms with Gasteiger partial charge in [0.1, 0.15) is 5.82 Å². The second kappa shape index (κ2) is 6.53. The van der Waals surface area contributed by atoms with Crippen LogP contribution in [0.25, 0.3) is 0 Å². The van der Waals surface area contributed by atoms with Crippen molar-refractivity contribution in [2.75, 3.05) is 23.8 Å². The summed E-state index contributed by atoms with van der Waals surface area (Å²) >= 11 is 0. The number of nitrogens with zero attached hydrogens (tertiary/aromatic N) is 3. The molecule has 1 amide bonds. The van der Waals surface area contributed by atoms with E-state index in [0.29, 0.717) is 22.6 Å². The molecular weight excluding hydrogens is 264 g/mol. The Morgan fingerprint density at radius 3 is 2.90 bits per heavy atom. The van der Waals surface area contributed by atoms with Crippen LogP contribution in [0.1, 0.15) is 22.8 Å². The molecule has 5 nitrogen and oxygen atoms in total. The first kappa shape index (κ1) is 14.5. The quantitative estimate of drug-likeness (QED) is 0.934. The van der Waals surface area contributed by atoms with Gasteiger partial charge in [-0.1, -0.05) is 6.07 Å². The monoisotopic (exact) mass is 280 g/mol. The van der Waals surface area contributed by atoms with Crippen molar-refractivity contribution in [3.63, 3.8) is 0 Å². The van der Waals surface area contributed by atoms with Crippen molar-refractivity contribution in [1.29, 1.82) is 5.26 Å². The Balaban J connectivity index is 2.26. The Morgan fingerprint density at radius 1 is 1.38 bits per heavy atom. The minimum absolute atomic E-state index is 0.147. The topological polar surface area (TPSA) is 69.0 Å². The van der Waals surface area contributed by atoms with Crippen LogP contribution in [0.2, 0.25) is 0 Å². The maximum Gasteiger partial charge on any atom is 0.258 e. The number of rotatable bonds is 4. The van der Waals surface area contributed by atoms with E-state index in [-0.39, 0.29) is 5.91 Å². The van der Waals surface area contributed by atoms with Crippen LogP contribution in [0.4, 0.5) is 11.5 Å². The highest BCUT2D eigenvalue weighted by Crippen LogP contribution is 2.18. The molecule has 2 aromatic rings. The van der Waals surface area contributed by atoms with Gasteiger partial charge >= 0.3 is 0 Å². The summed E-state index contributed by atoms with van der Waals surface area (Å²) in [6, 6.07) is 12.4. The maximum absolute atomic E-state index is 12.5. The maximum atomic E-state index is 12.5. The molecule has 2 rings (SSSR count). The minimum Gasteiger partial charge on any atom is -0.370 e. The second-order valence-electron chi connectivity index (χ2n) is 4.49. The molecule has 1 heterocycles. The number of benzene rings is 1. The molecule has 0 fully saturated rings. The van der Waals surface area contributed by atoms with Crippen LogP contribution in [0.3, 0.4) is 0 Å².